The van der Waals surface area contributed by atoms with Gasteiger partial charge in [0.05, 0.1) is 28.3 Å². The Kier molecular flexibility index (Phi) is 5.03. The van der Waals surface area contributed by atoms with E-state index in [0.717, 1.165) is 49.5 Å². The van der Waals surface area contributed by atoms with Crippen LogP contribution in [0.1, 0.15) is 32.0 Å². The first-order valence-corrected chi connectivity index (χ1v) is 9.82. The molecule has 140 valence electrons. The molecule has 0 saturated heterocycles. The molecule has 0 unspecified atom stereocenters. The maximum atomic E-state index is 11.9. The van der Waals surface area contributed by atoms with Crippen molar-refractivity contribution in [3.63, 3.8) is 0 Å². The van der Waals surface area contributed by atoms with Gasteiger partial charge in [-0.2, -0.15) is 0 Å². The molecule has 0 fully saturated rings. The van der Waals surface area contributed by atoms with Crippen LogP contribution in [0.3, 0.4) is 0 Å². The lowest BCUT2D eigenvalue weighted by Gasteiger charge is -2.30. The van der Waals surface area contributed by atoms with Crippen LogP contribution in [0.15, 0.2) is 42.5 Å². The Bertz CT molecular complexity index is 981. The topological polar surface area (TPSA) is 50.2 Å². The van der Waals surface area contributed by atoms with E-state index in [4.69, 9.17) is 16.6 Å². The predicted octanol–water partition coefficient (Wildman–Crippen LogP) is 4.84. The first-order chi connectivity index (χ1) is 13.2. The summed E-state index contributed by atoms with van der Waals surface area (Å²) in [5, 5.41) is 3.47. The number of unbranched alkanes of at least 4 members (excludes halogenated alkanes) is 1. The summed E-state index contributed by atoms with van der Waals surface area (Å²) in [6.45, 7) is 4.60. The smallest absolute Gasteiger partial charge is 0.224 e. The summed E-state index contributed by atoms with van der Waals surface area (Å²) in [5.41, 5.74) is 3.95. The van der Waals surface area contributed by atoms with Crippen molar-refractivity contribution in [3.05, 3.63) is 53.3 Å². The molecule has 6 heteroatoms. The van der Waals surface area contributed by atoms with Crippen molar-refractivity contribution in [2.45, 2.75) is 39.3 Å². The molecule has 0 radical (unpaired) electrons. The fraction of sp³-hybridized carbons (Fsp3) is 0.333. The van der Waals surface area contributed by atoms with E-state index in [1.807, 2.05) is 24.3 Å². The number of imidazole rings is 1. The number of anilines is 2. The third-order valence-electron chi connectivity index (χ3n) is 5.01. The number of rotatable bonds is 5. The number of para-hydroxylation sites is 2. The molecule has 4 rings (SSSR count). The van der Waals surface area contributed by atoms with Crippen molar-refractivity contribution in [2.75, 3.05) is 16.8 Å². The van der Waals surface area contributed by atoms with Gasteiger partial charge in [0.1, 0.15) is 5.82 Å². The number of carbonyl (C=O) groups excluding carboxylic acids is 1. The number of nitrogens with zero attached hydrogens (tertiary/aromatic N) is 3. The second-order valence-corrected chi connectivity index (χ2v) is 7.31. The van der Waals surface area contributed by atoms with E-state index >= 15 is 0 Å². The minimum atomic E-state index is 0.0122. The molecule has 0 bridgehead atoms. The zero-order valence-electron chi connectivity index (χ0n) is 15.4. The van der Waals surface area contributed by atoms with Gasteiger partial charge in [0.2, 0.25) is 5.91 Å². The highest BCUT2D eigenvalue weighted by molar-refractivity contribution is 6.34. The summed E-state index contributed by atoms with van der Waals surface area (Å²) >= 11 is 6.43. The highest BCUT2D eigenvalue weighted by Gasteiger charge is 2.20. The fourth-order valence-electron chi connectivity index (χ4n) is 3.54. The molecule has 0 aliphatic carbocycles. The van der Waals surface area contributed by atoms with Crippen LogP contribution in [-0.2, 0) is 17.9 Å². The quantitative estimate of drug-likeness (QED) is 0.687. The van der Waals surface area contributed by atoms with Gasteiger partial charge in [-0.05, 0) is 36.8 Å². The molecule has 1 aromatic heterocycles. The molecule has 1 amide bonds. The molecule has 0 atom stereocenters. The Hall–Kier alpha value is -2.53. The minimum absolute atomic E-state index is 0.0122. The average molecular weight is 383 g/mol. The zero-order chi connectivity index (χ0) is 18.8. The van der Waals surface area contributed by atoms with Gasteiger partial charge in [-0.3, -0.25) is 4.79 Å². The van der Waals surface area contributed by atoms with Crippen LogP contribution in [0.25, 0.3) is 11.0 Å². The normalized spacial score (nSPS) is 13.6. The summed E-state index contributed by atoms with van der Waals surface area (Å²) in [4.78, 5) is 19.0. The number of hydrogen-bond donors (Lipinski definition) is 1. The molecule has 27 heavy (non-hydrogen) atoms. The van der Waals surface area contributed by atoms with Crippen LogP contribution in [-0.4, -0.2) is 22.0 Å². The Balaban J connectivity index is 1.51. The number of amides is 1. The highest BCUT2D eigenvalue weighted by Crippen LogP contribution is 2.30. The van der Waals surface area contributed by atoms with Gasteiger partial charge in [0, 0.05) is 25.2 Å². The van der Waals surface area contributed by atoms with Gasteiger partial charge in [0.25, 0.3) is 0 Å². The predicted molar refractivity (Wildman–Crippen MR) is 110 cm³/mol. The third kappa shape index (κ3) is 3.65. The number of nitrogens with one attached hydrogen (secondary N) is 1. The molecular weight excluding hydrogens is 360 g/mol. The minimum Gasteiger partial charge on any atom is -0.362 e. The molecule has 2 heterocycles. The standard InChI is InChI=1S/C21H23ClN4O/c1-2-3-8-21(27)24-17-10-9-15(13-16(17)22)25-11-12-26-19-7-5-4-6-18(19)23-20(26)14-25/h4-7,9-10,13H,2-3,8,11-12,14H2,1H3,(H,24,27). The van der Waals surface area contributed by atoms with E-state index in [0.29, 0.717) is 17.1 Å². The number of aromatic nitrogens is 2. The fourth-order valence-corrected chi connectivity index (χ4v) is 3.76. The van der Waals surface area contributed by atoms with Crippen molar-refractivity contribution in [3.8, 4) is 0 Å². The van der Waals surface area contributed by atoms with Crippen molar-refractivity contribution < 1.29 is 4.79 Å². The number of benzene rings is 2. The molecule has 2 aromatic carbocycles. The first-order valence-electron chi connectivity index (χ1n) is 9.44. The molecule has 5 nitrogen and oxygen atoms in total. The van der Waals surface area contributed by atoms with Crippen LogP contribution >= 0.6 is 11.6 Å². The Morgan fingerprint density at radius 3 is 2.89 bits per heavy atom. The molecular formula is C21H23ClN4O. The summed E-state index contributed by atoms with van der Waals surface area (Å²) in [5.74, 6) is 1.08. The van der Waals surface area contributed by atoms with Crippen LogP contribution in [0.5, 0.6) is 0 Å². The lowest BCUT2D eigenvalue weighted by Crippen LogP contribution is -2.33. The maximum Gasteiger partial charge on any atom is 0.224 e. The molecule has 1 N–H and O–H groups in total. The Morgan fingerprint density at radius 2 is 2.07 bits per heavy atom. The lowest BCUT2D eigenvalue weighted by atomic mass is 10.2. The highest BCUT2D eigenvalue weighted by atomic mass is 35.5. The van der Waals surface area contributed by atoms with E-state index in [1.165, 1.54) is 5.52 Å². The molecule has 0 saturated carbocycles. The summed E-state index contributed by atoms with van der Waals surface area (Å²) < 4.78 is 2.29. The van der Waals surface area contributed by atoms with Crippen molar-refractivity contribution >= 4 is 39.9 Å². The number of hydrogen-bond acceptors (Lipinski definition) is 3. The van der Waals surface area contributed by atoms with Crippen molar-refractivity contribution in [2.24, 2.45) is 0 Å². The van der Waals surface area contributed by atoms with Crippen LogP contribution in [0.2, 0.25) is 5.02 Å². The lowest BCUT2D eigenvalue weighted by molar-refractivity contribution is -0.116. The van der Waals surface area contributed by atoms with Crippen LogP contribution in [0, 0.1) is 0 Å². The monoisotopic (exact) mass is 382 g/mol. The van der Waals surface area contributed by atoms with Crippen LogP contribution < -0.4 is 10.2 Å². The molecule has 1 aliphatic rings. The largest absolute Gasteiger partial charge is 0.362 e. The molecule has 0 spiro atoms. The second-order valence-electron chi connectivity index (χ2n) is 6.91. The SMILES string of the molecule is CCCCC(=O)Nc1ccc(N2CCn3c(nc4ccccc43)C2)cc1Cl. The van der Waals surface area contributed by atoms with Gasteiger partial charge >= 0.3 is 0 Å². The Morgan fingerprint density at radius 1 is 1.22 bits per heavy atom. The summed E-state index contributed by atoms with van der Waals surface area (Å²) in [6, 6.07) is 14.1. The van der Waals surface area contributed by atoms with Gasteiger partial charge in [0.15, 0.2) is 0 Å². The molecule has 3 aromatic rings. The second kappa shape index (κ2) is 7.61. The number of halogens is 1. The van der Waals surface area contributed by atoms with E-state index in [1.54, 1.807) is 0 Å². The Labute approximate surface area is 163 Å². The van der Waals surface area contributed by atoms with Crippen molar-refractivity contribution in [1.29, 1.82) is 0 Å². The summed E-state index contributed by atoms with van der Waals surface area (Å²) in [6.07, 6.45) is 2.41. The summed E-state index contributed by atoms with van der Waals surface area (Å²) in [7, 11) is 0. The molecule has 1 aliphatic heterocycles. The van der Waals surface area contributed by atoms with Gasteiger partial charge < -0.3 is 14.8 Å². The maximum absolute atomic E-state index is 11.9. The van der Waals surface area contributed by atoms with E-state index < -0.39 is 0 Å². The van der Waals surface area contributed by atoms with E-state index in [2.05, 4.69) is 39.9 Å². The average Bonchev–Trinajstić information content (AvgIpc) is 3.05. The van der Waals surface area contributed by atoms with Gasteiger partial charge in [-0.25, -0.2) is 4.98 Å². The number of carbonyl (C=O) groups is 1. The first kappa shape index (κ1) is 17.9. The van der Waals surface area contributed by atoms with E-state index in [-0.39, 0.29) is 5.91 Å². The van der Waals surface area contributed by atoms with Crippen LogP contribution in [0.4, 0.5) is 11.4 Å². The number of fused-ring (bicyclic) bond motifs is 3. The van der Waals surface area contributed by atoms with Gasteiger partial charge in [-0.1, -0.05) is 37.1 Å². The zero-order valence-corrected chi connectivity index (χ0v) is 16.2. The van der Waals surface area contributed by atoms with E-state index in [9.17, 15) is 4.79 Å². The van der Waals surface area contributed by atoms with Gasteiger partial charge in [-0.15, -0.1) is 0 Å². The van der Waals surface area contributed by atoms with Crippen molar-refractivity contribution in [1.82, 2.24) is 9.55 Å². The third-order valence-corrected chi connectivity index (χ3v) is 5.32.